The molecule has 6 nitrogen and oxygen atoms in total. The van der Waals surface area contributed by atoms with E-state index < -0.39 is 0 Å². The van der Waals surface area contributed by atoms with Gasteiger partial charge in [-0.2, -0.15) is 0 Å². The lowest BCUT2D eigenvalue weighted by atomic mass is 10.2. The quantitative estimate of drug-likeness (QED) is 0.774. The van der Waals surface area contributed by atoms with E-state index in [0.29, 0.717) is 30.4 Å². The van der Waals surface area contributed by atoms with Crippen LogP contribution >= 0.6 is 11.3 Å². The molecule has 1 aliphatic heterocycles. The fourth-order valence-electron chi connectivity index (χ4n) is 2.28. The standard InChI is InChI=1S/C15H23N3O3S/c1-12(18-6-8-21-9-7-18)11-17-14(19)4-5-16-15(20)13-3-2-10-22-13/h2-3,10,12H,4-9,11H2,1H3,(H,16,20)(H,17,19). The third-order valence-corrected chi connectivity index (χ3v) is 4.51. The van der Waals surface area contributed by atoms with Gasteiger partial charge in [0.05, 0.1) is 18.1 Å². The summed E-state index contributed by atoms with van der Waals surface area (Å²) in [5.74, 6) is -0.156. The predicted molar refractivity (Wildman–Crippen MR) is 86.1 cm³/mol. The molecular formula is C15H23N3O3S. The Bertz CT molecular complexity index is 472. The Kier molecular flexibility index (Phi) is 6.82. The summed E-state index contributed by atoms with van der Waals surface area (Å²) in [5, 5.41) is 7.52. The van der Waals surface area contributed by atoms with Crippen LogP contribution in [0.4, 0.5) is 0 Å². The van der Waals surface area contributed by atoms with Crippen LogP contribution in [0.3, 0.4) is 0 Å². The zero-order valence-corrected chi connectivity index (χ0v) is 13.7. The number of ether oxygens (including phenoxy) is 1. The summed E-state index contributed by atoms with van der Waals surface area (Å²) in [4.78, 5) is 26.5. The van der Waals surface area contributed by atoms with Gasteiger partial charge in [-0.1, -0.05) is 6.07 Å². The maximum atomic E-state index is 11.8. The van der Waals surface area contributed by atoms with Gasteiger partial charge in [-0.05, 0) is 18.4 Å². The normalized spacial score (nSPS) is 17.0. The third-order valence-electron chi connectivity index (χ3n) is 3.65. The molecule has 0 spiro atoms. The van der Waals surface area contributed by atoms with Crippen LogP contribution in [-0.2, 0) is 9.53 Å². The van der Waals surface area contributed by atoms with Crippen LogP contribution in [0, 0.1) is 0 Å². The van der Waals surface area contributed by atoms with Gasteiger partial charge in [0.25, 0.3) is 5.91 Å². The molecule has 7 heteroatoms. The highest BCUT2D eigenvalue weighted by molar-refractivity contribution is 7.12. The zero-order chi connectivity index (χ0) is 15.8. The summed E-state index contributed by atoms with van der Waals surface area (Å²) in [5.41, 5.74) is 0. The van der Waals surface area contributed by atoms with Gasteiger partial charge in [-0.25, -0.2) is 0 Å². The maximum absolute atomic E-state index is 11.8. The smallest absolute Gasteiger partial charge is 0.261 e. The minimum atomic E-state index is -0.121. The molecular weight excluding hydrogens is 302 g/mol. The fourth-order valence-corrected chi connectivity index (χ4v) is 2.92. The number of carbonyl (C=O) groups excluding carboxylic acids is 2. The molecule has 122 valence electrons. The molecule has 0 aromatic carbocycles. The van der Waals surface area contributed by atoms with Gasteiger partial charge in [0.2, 0.25) is 5.91 Å². The molecule has 2 amide bonds. The minimum Gasteiger partial charge on any atom is -0.379 e. The molecule has 1 fully saturated rings. The first-order valence-corrected chi connectivity index (χ1v) is 8.45. The molecule has 1 atom stereocenters. The molecule has 0 aliphatic carbocycles. The molecule has 2 rings (SSSR count). The Hall–Kier alpha value is -1.44. The van der Waals surface area contributed by atoms with Crippen molar-refractivity contribution in [2.45, 2.75) is 19.4 Å². The van der Waals surface area contributed by atoms with Crippen molar-refractivity contribution in [2.75, 3.05) is 39.4 Å². The molecule has 1 unspecified atom stereocenters. The van der Waals surface area contributed by atoms with Gasteiger partial charge in [0.15, 0.2) is 0 Å². The predicted octanol–water partition coefficient (Wildman–Crippen LogP) is 0.705. The second-order valence-corrected chi connectivity index (χ2v) is 6.23. The molecule has 0 saturated carbocycles. The molecule has 1 aromatic rings. The van der Waals surface area contributed by atoms with E-state index in [9.17, 15) is 9.59 Å². The van der Waals surface area contributed by atoms with Crippen LogP contribution in [0.5, 0.6) is 0 Å². The number of rotatable bonds is 7. The van der Waals surface area contributed by atoms with Crippen molar-refractivity contribution >= 4 is 23.2 Å². The first kappa shape index (κ1) is 16.9. The Labute approximate surface area is 134 Å². The first-order chi connectivity index (χ1) is 10.7. The minimum absolute atomic E-state index is 0.0356. The number of carbonyl (C=O) groups is 2. The molecule has 1 aliphatic rings. The zero-order valence-electron chi connectivity index (χ0n) is 12.8. The van der Waals surface area contributed by atoms with E-state index in [1.54, 1.807) is 6.07 Å². The van der Waals surface area contributed by atoms with Crippen molar-refractivity contribution in [1.29, 1.82) is 0 Å². The van der Waals surface area contributed by atoms with Crippen LogP contribution in [0.2, 0.25) is 0 Å². The summed E-state index contributed by atoms with van der Waals surface area (Å²) in [6.07, 6.45) is 0.299. The number of thiophene rings is 1. The summed E-state index contributed by atoms with van der Waals surface area (Å²) in [6.45, 7) is 6.41. The molecule has 1 saturated heterocycles. The van der Waals surface area contributed by atoms with Crippen molar-refractivity contribution in [1.82, 2.24) is 15.5 Å². The molecule has 0 radical (unpaired) electrons. The fraction of sp³-hybridized carbons (Fsp3) is 0.600. The van der Waals surface area contributed by atoms with Gasteiger partial charge >= 0.3 is 0 Å². The Morgan fingerprint density at radius 2 is 2.14 bits per heavy atom. The second-order valence-electron chi connectivity index (χ2n) is 5.28. The van der Waals surface area contributed by atoms with Crippen LogP contribution in [0.25, 0.3) is 0 Å². The van der Waals surface area contributed by atoms with Crippen LogP contribution in [0.15, 0.2) is 17.5 Å². The molecule has 1 aromatic heterocycles. The SMILES string of the molecule is CC(CNC(=O)CCNC(=O)c1cccs1)N1CCOCC1. The number of morpholine rings is 1. The summed E-state index contributed by atoms with van der Waals surface area (Å²) < 4.78 is 5.31. The Morgan fingerprint density at radius 3 is 2.82 bits per heavy atom. The van der Waals surface area contributed by atoms with E-state index in [4.69, 9.17) is 4.74 Å². The Balaban J connectivity index is 1.58. The van der Waals surface area contributed by atoms with Gasteiger partial charge in [0.1, 0.15) is 0 Å². The monoisotopic (exact) mass is 325 g/mol. The van der Waals surface area contributed by atoms with E-state index in [2.05, 4.69) is 22.5 Å². The van der Waals surface area contributed by atoms with Crippen molar-refractivity contribution in [3.8, 4) is 0 Å². The third kappa shape index (κ3) is 5.40. The van der Waals surface area contributed by atoms with Crippen molar-refractivity contribution < 1.29 is 14.3 Å². The van der Waals surface area contributed by atoms with Crippen LogP contribution in [0.1, 0.15) is 23.0 Å². The van der Waals surface area contributed by atoms with Crippen LogP contribution < -0.4 is 10.6 Å². The van der Waals surface area contributed by atoms with Crippen LogP contribution in [-0.4, -0.2) is 62.1 Å². The number of nitrogens with one attached hydrogen (secondary N) is 2. The highest BCUT2D eigenvalue weighted by Crippen LogP contribution is 2.07. The van der Waals surface area contributed by atoms with E-state index in [1.807, 2.05) is 11.4 Å². The lowest BCUT2D eigenvalue weighted by molar-refractivity contribution is -0.121. The number of hydrogen-bond acceptors (Lipinski definition) is 5. The van der Waals surface area contributed by atoms with Crippen molar-refractivity contribution in [3.63, 3.8) is 0 Å². The summed E-state index contributed by atoms with van der Waals surface area (Å²) >= 11 is 1.39. The maximum Gasteiger partial charge on any atom is 0.261 e. The second kappa shape index (κ2) is 8.87. The van der Waals surface area contributed by atoms with E-state index >= 15 is 0 Å². The van der Waals surface area contributed by atoms with Gasteiger partial charge in [-0.3, -0.25) is 14.5 Å². The first-order valence-electron chi connectivity index (χ1n) is 7.57. The highest BCUT2D eigenvalue weighted by Gasteiger charge is 2.17. The largest absolute Gasteiger partial charge is 0.379 e. The number of hydrogen-bond donors (Lipinski definition) is 2. The molecule has 2 heterocycles. The van der Waals surface area contributed by atoms with Gasteiger partial charge in [0, 0.05) is 38.6 Å². The lowest BCUT2D eigenvalue weighted by Gasteiger charge is -2.32. The van der Waals surface area contributed by atoms with Gasteiger partial charge in [-0.15, -0.1) is 11.3 Å². The number of nitrogens with zero attached hydrogens (tertiary/aromatic N) is 1. The average Bonchev–Trinajstić information content (AvgIpc) is 3.08. The van der Waals surface area contributed by atoms with Gasteiger partial charge < -0.3 is 15.4 Å². The summed E-state index contributed by atoms with van der Waals surface area (Å²) in [6, 6.07) is 3.90. The van der Waals surface area contributed by atoms with Crippen molar-refractivity contribution in [3.05, 3.63) is 22.4 Å². The van der Waals surface area contributed by atoms with E-state index in [0.717, 1.165) is 26.3 Å². The highest BCUT2D eigenvalue weighted by atomic mass is 32.1. The lowest BCUT2D eigenvalue weighted by Crippen LogP contribution is -2.47. The Morgan fingerprint density at radius 1 is 1.36 bits per heavy atom. The summed E-state index contributed by atoms with van der Waals surface area (Å²) in [7, 11) is 0. The average molecular weight is 325 g/mol. The molecule has 22 heavy (non-hydrogen) atoms. The van der Waals surface area contributed by atoms with E-state index in [-0.39, 0.29) is 11.8 Å². The molecule has 0 bridgehead atoms. The van der Waals surface area contributed by atoms with Crippen molar-refractivity contribution in [2.24, 2.45) is 0 Å². The number of amides is 2. The van der Waals surface area contributed by atoms with E-state index in [1.165, 1.54) is 11.3 Å². The topological polar surface area (TPSA) is 70.7 Å². The molecule has 2 N–H and O–H groups in total.